The van der Waals surface area contributed by atoms with Crippen LogP contribution in [0.4, 0.5) is 0 Å². The van der Waals surface area contributed by atoms with E-state index in [9.17, 15) is 4.79 Å². The second-order valence-corrected chi connectivity index (χ2v) is 5.54. The second kappa shape index (κ2) is 8.31. The summed E-state index contributed by atoms with van der Waals surface area (Å²) in [6, 6.07) is 3.55. The highest BCUT2D eigenvalue weighted by Crippen LogP contribution is 2.06. The number of hydrogen-bond donors (Lipinski definition) is 1. The van der Waals surface area contributed by atoms with E-state index in [2.05, 4.69) is 38.3 Å². The third-order valence-corrected chi connectivity index (χ3v) is 3.47. The van der Waals surface area contributed by atoms with Crippen LogP contribution in [-0.4, -0.2) is 27.8 Å². The molecular weight excluding hydrogens is 360 g/mol. The Labute approximate surface area is 137 Å². The van der Waals surface area contributed by atoms with Gasteiger partial charge in [0.1, 0.15) is 0 Å². The summed E-state index contributed by atoms with van der Waals surface area (Å²) in [4.78, 5) is 16.0. The summed E-state index contributed by atoms with van der Waals surface area (Å²) in [6.45, 7) is 2.57. The summed E-state index contributed by atoms with van der Waals surface area (Å²) in [5.74, 6) is 1.23. The molecule has 1 atom stereocenters. The van der Waals surface area contributed by atoms with E-state index in [1.807, 2.05) is 7.05 Å². The first-order valence-corrected chi connectivity index (χ1v) is 7.22. The topological polar surface area (TPSA) is 73.0 Å². The molecule has 21 heavy (non-hydrogen) atoms. The molecule has 0 saturated carbocycles. The largest absolute Gasteiger partial charge is 0.339 e. The van der Waals surface area contributed by atoms with E-state index < -0.39 is 0 Å². The highest BCUT2D eigenvalue weighted by atomic mass is 79.9. The molecule has 0 aliphatic carbocycles. The first-order chi connectivity index (χ1) is 9.58. The molecule has 0 amide bonds. The van der Waals surface area contributed by atoms with Gasteiger partial charge in [0.25, 0.3) is 5.56 Å². The molecule has 2 heterocycles. The lowest BCUT2D eigenvalue weighted by atomic mass is 10.2. The molecule has 0 aliphatic heterocycles. The highest BCUT2D eigenvalue weighted by Gasteiger charge is 2.09. The van der Waals surface area contributed by atoms with E-state index in [0.29, 0.717) is 30.7 Å². The van der Waals surface area contributed by atoms with Crippen LogP contribution in [-0.2, 0) is 19.4 Å². The molecule has 1 N–H and O–H groups in total. The van der Waals surface area contributed by atoms with Gasteiger partial charge in [-0.25, -0.2) is 0 Å². The number of likely N-dealkylation sites (N-methyl/N-ethyl adjacent to an activating group) is 1. The molecule has 0 fully saturated rings. The van der Waals surface area contributed by atoms with Crippen molar-refractivity contribution >= 4 is 28.3 Å². The Hall–Kier alpha value is -1.18. The first kappa shape index (κ1) is 17.9. The number of halogens is 2. The summed E-state index contributed by atoms with van der Waals surface area (Å²) in [6.07, 6.45) is 3.01. The van der Waals surface area contributed by atoms with Crippen molar-refractivity contribution in [2.24, 2.45) is 0 Å². The highest BCUT2D eigenvalue weighted by molar-refractivity contribution is 9.10. The minimum Gasteiger partial charge on any atom is -0.339 e. The van der Waals surface area contributed by atoms with Crippen LogP contribution < -0.4 is 10.9 Å². The number of nitrogens with zero attached hydrogens (tertiary/aromatic N) is 3. The number of rotatable bonds is 6. The summed E-state index contributed by atoms with van der Waals surface area (Å²) >= 11 is 3.34. The van der Waals surface area contributed by atoms with Gasteiger partial charge in [-0.15, -0.1) is 12.4 Å². The SMILES string of the molecule is CNC(C)Cc1noc(CCn2cc(Br)ccc2=O)n1.Cl. The van der Waals surface area contributed by atoms with Crippen molar-refractivity contribution in [3.63, 3.8) is 0 Å². The Balaban J connectivity index is 0.00000220. The molecule has 6 nitrogen and oxygen atoms in total. The molecule has 8 heteroatoms. The quantitative estimate of drug-likeness (QED) is 0.831. The van der Waals surface area contributed by atoms with Crippen molar-refractivity contribution < 1.29 is 4.52 Å². The number of aryl methyl sites for hydroxylation is 2. The van der Waals surface area contributed by atoms with Crippen LogP contribution in [0.3, 0.4) is 0 Å². The molecule has 0 bridgehead atoms. The summed E-state index contributed by atoms with van der Waals surface area (Å²) in [7, 11) is 1.89. The number of hydrogen-bond acceptors (Lipinski definition) is 5. The van der Waals surface area contributed by atoms with Crippen LogP contribution in [0.2, 0.25) is 0 Å². The number of nitrogens with one attached hydrogen (secondary N) is 1. The lowest BCUT2D eigenvalue weighted by Gasteiger charge is -2.04. The second-order valence-electron chi connectivity index (χ2n) is 4.63. The fraction of sp³-hybridized carbons (Fsp3) is 0.462. The molecule has 0 aromatic carbocycles. The van der Waals surface area contributed by atoms with E-state index in [1.165, 1.54) is 6.07 Å². The smallest absolute Gasteiger partial charge is 0.250 e. The molecule has 116 valence electrons. The van der Waals surface area contributed by atoms with E-state index in [4.69, 9.17) is 4.52 Å². The molecule has 2 aromatic rings. The molecule has 0 spiro atoms. The van der Waals surface area contributed by atoms with Gasteiger partial charge in [0, 0.05) is 42.2 Å². The van der Waals surface area contributed by atoms with Crippen LogP contribution in [0, 0.1) is 0 Å². The van der Waals surface area contributed by atoms with Gasteiger partial charge in [-0.1, -0.05) is 5.16 Å². The Morgan fingerprint density at radius 2 is 2.24 bits per heavy atom. The molecular formula is C13H18BrClN4O2. The Bertz CT molecular complexity index is 629. The fourth-order valence-corrected chi connectivity index (χ4v) is 2.12. The van der Waals surface area contributed by atoms with Gasteiger partial charge in [0.15, 0.2) is 5.82 Å². The lowest BCUT2D eigenvalue weighted by molar-refractivity contribution is 0.364. The molecule has 0 saturated heterocycles. The van der Waals surface area contributed by atoms with E-state index in [0.717, 1.165) is 10.9 Å². The minimum atomic E-state index is -0.0447. The van der Waals surface area contributed by atoms with Crippen molar-refractivity contribution in [3.05, 3.63) is 44.9 Å². The molecule has 0 radical (unpaired) electrons. The first-order valence-electron chi connectivity index (χ1n) is 6.43. The van der Waals surface area contributed by atoms with Crippen LogP contribution in [0.25, 0.3) is 0 Å². The minimum absolute atomic E-state index is 0. The molecule has 0 aliphatic rings. The Kier molecular flexibility index (Phi) is 7.07. The van der Waals surface area contributed by atoms with Crippen LogP contribution >= 0.6 is 28.3 Å². The maximum absolute atomic E-state index is 11.6. The summed E-state index contributed by atoms with van der Waals surface area (Å²) in [5.41, 5.74) is -0.0447. The van der Waals surface area contributed by atoms with Crippen molar-refractivity contribution in [1.29, 1.82) is 0 Å². The molecule has 2 rings (SSSR count). The van der Waals surface area contributed by atoms with Gasteiger partial charge in [0.2, 0.25) is 5.89 Å². The zero-order valence-corrected chi connectivity index (χ0v) is 14.3. The van der Waals surface area contributed by atoms with Crippen LogP contribution in [0.5, 0.6) is 0 Å². The van der Waals surface area contributed by atoms with Gasteiger partial charge < -0.3 is 14.4 Å². The fourth-order valence-electron chi connectivity index (χ4n) is 1.74. The van der Waals surface area contributed by atoms with Gasteiger partial charge in [-0.05, 0) is 36.0 Å². The van der Waals surface area contributed by atoms with Crippen molar-refractivity contribution in [3.8, 4) is 0 Å². The van der Waals surface area contributed by atoms with Gasteiger partial charge in [-0.3, -0.25) is 4.79 Å². The van der Waals surface area contributed by atoms with Crippen LogP contribution in [0.1, 0.15) is 18.6 Å². The van der Waals surface area contributed by atoms with Crippen molar-refractivity contribution in [2.45, 2.75) is 32.4 Å². The summed E-state index contributed by atoms with van der Waals surface area (Å²) < 4.78 is 7.67. The van der Waals surface area contributed by atoms with E-state index >= 15 is 0 Å². The Morgan fingerprint density at radius 3 is 2.95 bits per heavy atom. The zero-order chi connectivity index (χ0) is 14.5. The summed E-state index contributed by atoms with van der Waals surface area (Å²) in [5, 5.41) is 7.06. The monoisotopic (exact) mass is 376 g/mol. The Morgan fingerprint density at radius 1 is 1.48 bits per heavy atom. The van der Waals surface area contributed by atoms with Gasteiger partial charge in [-0.2, -0.15) is 4.98 Å². The molecule has 2 aromatic heterocycles. The lowest BCUT2D eigenvalue weighted by Crippen LogP contribution is -2.24. The van der Waals surface area contributed by atoms with Gasteiger partial charge >= 0.3 is 0 Å². The van der Waals surface area contributed by atoms with Gasteiger partial charge in [0.05, 0.1) is 0 Å². The predicted molar refractivity (Wildman–Crippen MR) is 85.9 cm³/mol. The number of pyridine rings is 1. The maximum atomic E-state index is 11.6. The average molecular weight is 378 g/mol. The average Bonchev–Trinajstić information content (AvgIpc) is 2.87. The van der Waals surface area contributed by atoms with Crippen molar-refractivity contribution in [2.75, 3.05) is 7.05 Å². The number of aromatic nitrogens is 3. The third-order valence-electron chi connectivity index (χ3n) is 3.01. The zero-order valence-electron chi connectivity index (χ0n) is 11.9. The van der Waals surface area contributed by atoms with E-state index in [1.54, 1.807) is 16.8 Å². The van der Waals surface area contributed by atoms with Crippen molar-refractivity contribution in [1.82, 2.24) is 20.0 Å². The van der Waals surface area contributed by atoms with E-state index in [-0.39, 0.29) is 18.0 Å². The standard InChI is InChI=1S/C13H17BrN4O2.ClH/c1-9(15-2)7-11-16-12(20-17-11)5-6-18-8-10(14)3-4-13(18)19;/h3-4,8-9,15H,5-7H2,1-2H3;1H. The normalized spacial score (nSPS) is 12.0. The molecule has 1 unspecified atom stereocenters. The maximum Gasteiger partial charge on any atom is 0.250 e. The van der Waals surface area contributed by atoms with Crippen LogP contribution in [0.15, 0.2) is 32.1 Å². The third kappa shape index (κ3) is 5.26. The predicted octanol–water partition coefficient (Wildman–Crippen LogP) is 1.81.